The molecule has 0 spiro atoms. The minimum absolute atomic E-state index is 0.00196. The monoisotopic (exact) mass is 434 g/mol. The average molecular weight is 435 g/mol. The number of ether oxygens (including phenoxy) is 1. The van der Waals surface area contributed by atoms with Crippen LogP contribution in [0.2, 0.25) is 5.02 Å². The molecule has 1 aliphatic heterocycles. The zero-order valence-corrected chi connectivity index (χ0v) is 17.7. The topological polar surface area (TPSA) is 66.9 Å². The Labute approximate surface area is 176 Å². The van der Waals surface area contributed by atoms with Gasteiger partial charge in [0.25, 0.3) is 15.9 Å². The minimum atomic E-state index is -3.94. The molecule has 2 aromatic rings. The number of sulfonamides is 1. The molecule has 0 aliphatic carbocycles. The van der Waals surface area contributed by atoms with Gasteiger partial charge in [-0.05, 0) is 55.3 Å². The molecule has 1 amide bonds. The SMILES string of the molecule is C=CCN(c1ccc(OC)cc1)S(=O)(=O)c1ccc(Cl)c(C(=O)N2CCCC2)c1. The molecule has 2 aromatic carbocycles. The van der Waals surface area contributed by atoms with Crippen molar-refractivity contribution in [1.29, 1.82) is 0 Å². The third-order valence-electron chi connectivity index (χ3n) is 4.80. The van der Waals surface area contributed by atoms with Crippen molar-refractivity contribution in [1.82, 2.24) is 4.90 Å². The molecule has 0 saturated carbocycles. The highest BCUT2D eigenvalue weighted by Gasteiger charge is 2.28. The van der Waals surface area contributed by atoms with E-state index in [-0.39, 0.29) is 27.9 Å². The lowest BCUT2D eigenvalue weighted by Gasteiger charge is -2.24. The van der Waals surface area contributed by atoms with E-state index in [1.54, 1.807) is 36.3 Å². The van der Waals surface area contributed by atoms with Crippen LogP contribution < -0.4 is 9.04 Å². The van der Waals surface area contributed by atoms with Gasteiger partial charge in [-0.1, -0.05) is 17.7 Å². The van der Waals surface area contributed by atoms with Crippen LogP contribution in [0.4, 0.5) is 5.69 Å². The molecule has 0 N–H and O–H groups in total. The quantitative estimate of drug-likeness (QED) is 0.618. The summed E-state index contributed by atoms with van der Waals surface area (Å²) in [6.07, 6.45) is 3.38. The number of anilines is 1. The van der Waals surface area contributed by atoms with Crippen molar-refractivity contribution in [2.75, 3.05) is 31.0 Å². The highest BCUT2D eigenvalue weighted by Crippen LogP contribution is 2.29. The Bertz CT molecular complexity index is 1000. The second-order valence-electron chi connectivity index (χ2n) is 6.66. The molecular formula is C21H23ClN2O4S. The molecule has 8 heteroatoms. The highest BCUT2D eigenvalue weighted by molar-refractivity contribution is 7.92. The average Bonchev–Trinajstić information content (AvgIpc) is 3.26. The number of nitrogens with zero attached hydrogens (tertiary/aromatic N) is 2. The van der Waals surface area contributed by atoms with Crippen molar-refractivity contribution in [3.05, 3.63) is 65.7 Å². The highest BCUT2D eigenvalue weighted by atomic mass is 35.5. The molecule has 0 radical (unpaired) electrons. The number of methoxy groups -OCH3 is 1. The fourth-order valence-corrected chi connectivity index (χ4v) is 4.92. The maximum Gasteiger partial charge on any atom is 0.264 e. The van der Waals surface area contributed by atoms with Gasteiger partial charge in [0.05, 0.1) is 34.8 Å². The second kappa shape index (κ2) is 8.88. The van der Waals surface area contributed by atoms with Crippen molar-refractivity contribution >= 4 is 33.2 Å². The van der Waals surface area contributed by atoms with Gasteiger partial charge in [0, 0.05) is 13.1 Å². The summed E-state index contributed by atoms with van der Waals surface area (Å²) in [7, 11) is -2.40. The molecule has 0 unspecified atom stereocenters. The number of likely N-dealkylation sites (tertiary alicyclic amines) is 1. The summed E-state index contributed by atoms with van der Waals surface area (Å²) in [5.74, 6) is 0.374. The van der Waals surface area contributed by atoms with Gasteiger partial charge in [0.1, 0.15) is 5.75 Å². The Hall–Kier alpha value is -2.51. The first-order chi connectivity index (χ1) is 13.9. The lowest BCUT2D eigenvalue weighted by molar-refractivity contribution is 0.0792. The summed E-state index contributed by atoms with van der Waals surface area (Å²) in [5.41, 5.74) is 0.663. The maximum absolute atomic E-state index is 13.4. The van der Waals surface area contributed by atoms with Crippen LogP contribution in [-0.2, 0) is 10.0 Å². The molecule has 6 nitrogen and oxygen atoms in total. The second-order valence-corrected chi connectivity index (χ2v) is 8.93. The third-order valence-corrected chi connectivity index (χ3v) is 6.92. The number of benzene rings is 2. The smallest absolute Gasteiger partial charge is 0.264 e. The number of amides is 1. The third kappa shape index (κ3) is 4.41. The van der Waals surface area contributed by atoms with E-state index in [1.807, 2.05) is 0 Å². The summed E-state index contributed by atoms with van der Waals surface area (Å²) >= 11 is 6.22. The van der Waals surface area contributed by atoms with Gasteiger partial charge in [0.2, 0.25) is 0 Å². The van der Waals surface area contributed by atoms with Crippen LogP contribution in [0.1, 0.15) is 23.2 Å². The van der Waals surface area contributed by atoms with E-state index in [0.717, 1.165) is 12.8 Å². The normalized spacial score (nSPS) is 13.9. The van der Waals surface area contributed by atoms with Crippen LogP contribution in [0.3, 0.4) is 0 Å². The summed E-state index contributed by atoms with van der Waals surface area (Å²) in [6, 6.07) is 10.9. The first kappa shape index (κ1) is 21.2. The molecule has 1 aliphatic rings. The summed E-state index contributed by atoms with van der Waals surface area (Å²) in [4.78, 5) is 14.5. The summed E-state index contributed by atoms with van der Waals surface area (Å²) < 4.78 is 33.1. The minimum Gasteiger partial charge on any atom is -0.497 e. The number of rotatable bonds is 7. The van der Waals surface area contributed by atoms with E-state index in [9.17, 15) is 13.2 Å². The van der Waals surface area contributed by atoms with Gasteiger partial charge < -0.3 is 9.64 Å². The van der Waals surface area contributed by atoms with Crippen LogP contribution in [0, 0.1) is 0 Å². The van der Waals surface area contributed by atoms with E-state index >= 15 is 0 Å². The van der Waals surface area contributed by atoms with Crippen LogP contribution in [-0.4, -0.2) is 46.0 Å². The molecular weight excluding hydrogens is 412 g/mol. The zero-order valence-electron chi connectivity index (χ0n) is 16.2. The van der Waals surface area contributed by atoms with Gasteiger partial charge >= 0.3 is 0 Å². The van der Waals surface area contributed by atoms with Crippen molar-refractivity contribution in [2.45, 2.75) is 17.7 Å². The summed E-state index contributed by atoms with van der Waals surface area (Å²) in [5, 5.41) is 0.237. The predicted molar refractivity (Wildman–Crippen MR) is 114 cm³/mol. The van der Waals surface area contributed by atoms with Gasteiger partial charge in [0.15, 0.2) is 0 Å². The maximum atomic E-state index is 13.4. The first-order valence-electron chi connectivity index (χ1n) is 9.25. The number of carbonyl (C=O) groups is 1. The van der Waals surface area contributed by atoms with Crippen LogP contribution in [0.15, 0.2) is 60.0 Å². The lowest BCUT2D eigenvalue weighted by Crippen LogP contribution is -2.32. The zero-order chi connectivity index (χ0) is 21.0. The number of halogens is 1. The lowest BCUT2D eigenvalue weighted by atomic mass is 10.2. The fraction of sp³-hybridized carbons (Fsp3) is 0.286. The van der Waals surface area contributed by atoms with Gasteiger partial charge in [-0.3, -0.25) is 9.10 Å². The molecule has 0 atom stereocenters. The van der Waals surface area contributed by atoms with E-state index in [0.29, 0.717) is 24.5 Å². The van der Waals surface area contributed by atoms with E-state index in [1.165, 1.54) is 28.6 Å². The number of hydrogen-bond donors (Lipinski definition) is 0. The fourth-order valence-electron chi connectivity index (χ4n) is 3.25. The van der Waals surface area contributed by atoms with Gasteiger partial charge in [-0.15, -0.1) is 6.58 Å². The Morgan fingerprint density at radius 3 is 2.45 bits per heavy atom. The molecule has 0 aromatic heterocycles. The molecule has 1 heterocycles. The Morgan fingerprint density at radius 1 is 1.21 bits per heavy atom. The predicted octanol–water partition coefficient (Wildman–Crippen LogP) is 3.97. The Morgan fingerprint density at radius 2 is 1.86 bits per heavy atom. The van der Waals surface area contributed by atoms with E-state index < -0.39 is 10.0 Å². The van der Waals surface area contributed by atoms with E-state index in [4.69, 9.17) is 16.3 Å². The van der Waals surface area contributed by atoms with Crippen LogP contribution >= 0.6 is 11.6 Å². The number of hydrogen-bond acceptors (Lipinski definition) is 4. The number of carbonyl (C=O) groups excluding carboxylic acids is 1. The molecule has 29 heavy (non-hydrogen) atoms. The van der Waals surface area contributed by atoms with Crippen molar-refractivity contribution in [3.8, 4) is 5.75 Å². The van der Waals surface area contributed by atoms with Crippen molar-refractivity contribution < 1.29 is 17.9 Å². The van der Waals surface area contributed by atoms with Gasteiger partial charge in [-0.25, -0.2) is 8.42 Å². The molecule has 1 fully saturated rings. The van der Waals surface area contributed by atoms with Gasteiger partial charge in [-0.2, -0.15) is 0 Å². The standard InChI is InChI=1S/C21H23ClN2O4S/c1-3-12-24(16-6-8-17(28-2)9-7-16)29(26,27)18-10-11-20(22)19(15-18)21(25)23-13-4-5-14-23/h3,6-11,15H,1,4-5,12-14H2,2H3. The van der Waals surface area contributed by atoms with E-state index in [2.05, 4.69) is 6.58 Å². The molecule has 0 bridgehead atoms. The van der Waals surface area contributed by atoms with Crippen LogP contribution in [0.5, 0.6) is 5.75 Å². The van der Waals surface area contributed by atoms with Crippen molar-refractivity contribution in [2.24, 2.45) is 0 Å². The van der Waals surface area contributed by atoms with Crippen LogP contribution in [0.25, 0.3) is 0 Å². The Balaban J connectivity index is 2.00. The first-order valence-corrected chi connectivity index (χ1v) is 11.1. The molecule has 3 rings (SSSR count). The Kier molecular flexibility index (Phi) is 6.49. The molecule has 154 valence electrons. The van der Waals surface area contributed by atoms with Crippen molar-refractivity contribution in [3.63, 3.8) is 0 Å². The molecule has 1 saturated heterocycles. The summed E-state index contributed by atoms with van der Waals surface area (Å²) in [6.45, 7) is 5.05. The largest absolute Gasteiger partial charge is 0.497 e.